The number of hydrogen-bond acceptors (Lipinski definition) is 2. The van der Waals surface area contributed by atoms with Crippen molar-refractivity contribution in [1.29, 1.82) is 0 Å². The van der Waals surface area contributed by atoms with Crippen molar-refractivity contribution in [2.24, 2.45) is 11.8 Å². The van der Waals surface area contributed by atoms with Gasteiger partial charge in [-0.15, -0.1) is 0 Å². The zero-order chi connectivity index (χ0) is 13.9. The summed E-state index contributed by atoms with van der Waals surface area (Å²) < 4.78 is 38.4. The lowest BCUT2D eigenvalue weighted by Crippen LogP contribution is -2.36. The molecule has 3 unspecified atom stereocenters. The highest BCUT2D eigenvalue weighted by molar-refractivity contribution is 7.86. The molecule has 0 heterocycles. The van der Waals surface area contributed by atoms with Crippen molar-refractivity contribution < 1.29 is 22.9 Å². The average Bonchev–Trinajstić information content (AvgIpc) is 2.13. The van der Waals surface area contributed by atoms with E-state index in [-0.39, 0.29) is 30.4 Å². The number of halogens is 2. The number of carboxylic acids is 1. The fourth-order valence-corrected chi connectivity index (χ4v) is 4.24. The van der Waals surface area contributed by atoms with E-state index < -0.39 is 27.9 Å². The van der Waals surface area contributed by atoms with Crippen LogP contribution in [0.1, 0.15) is 39.5 Å². The minimum atomic E-state index is -2.68. The highest BCUT2D eigenvalue weighted by Crippen LogP contribution is 2.37. The van der Waals surface area contributed by atoms with Gasteiger partial charge in [0, 0.05) is 29.4 Å². The van der Waals surface area contributed by atoms with Crippen molar-refractivity contribution in [2.45, 2.75) is 50.7 Å². The summed E-state index contributed by atoms with van der Waals surface area (Å²) in [7, 11) is -1.58. The molecule has 3 atom stereocenters. The molecule has 0 spiro atoms. The molecule has 106 valence electrons. The van der Waals surface area contributed by atoms with E-state index in [1.54, 1.807) is 13.8 Å². The first-order chi connectivity index (χ1) is 8.23. The van der Waals surface area contributed by atoms with Gasteiger partial charge >= 0.3 is 5.97 Å². The molecule has 0 aliphatic heterocycles. The molecular weight excluding hydrogens is 262 g/mol. The second-order valence-electron chi connectivity index (χ2n) is 5.37. The Labute approximate surface area is 108 Å². The summed E-state index contributed by atoms with van der Waals surface area (Å²) in [6.07, 6.45) is 0.673. The Morgan fingerprint density at radius 2 is 2.11 bits per heavy atom. The highest BCUT2D eigenvalue weighted by Gasteiger charge is 2.38. The zero-order valence-corrected chi connectivity index (χ0v) is 11.5. The van der Waals surface area contributed by atoms with E-state index in [0.29, 0.717) is 12.8 Å². The summed E-state index contributed by atoms with van der Waals surface area (Å²) in [5.41, 5.74) is 0. The number of aliphatic carboxylic acids is 1. The Balaban J connectivity index is 2.61. The highest BCUT2D eigenvalue weighted by atomic mass is 32.2. The van der Waals surface area contributed by atoms with Gasteiger partial charge in [0.05, 0.1) is 0 Å². The van der Waals surface area contributed by atoms with E-state index >= 15 is 0 Å². The van der Waals surface area contributed by atoms with Crippen molar-refractivity contribution in [2.75, 3.05) is 5.75 Å². The summed E-state index contributed by atoms with van der Waals surface area (Å²) in [6, 6.07) is 0. The molecule has 0 aromatic carbocycles. The fourth-order valence-electron chi connectivity index (χ4n) is 2.46. The third kappa shape index (κ3) is 4.30. The Bertz CT molecular complexity index is 331. The van der Waals surface area contributed by atoms with Gasteiger partial charge in [0.1, 0.15) is 5.25 Å². The molecule has 6 heteroatoms. The summed E-state index contributed by atoms with van der Waals surface area (Å²) in [4.78, 5) is 11.0. The molecule has 1 aliphatic rings. The molecule has 3 nitrogen and oxygen atoms in total. The molecule has 1 saturated carbocycles. The van der Waals surface area contributed by atoms with Gasteiger partial charge in [-0.25, -0.2) is 8.78 Å². The van der Waals surface area contributed by atoms with Crippen LogP contribution in [-0.2, 0) is 15.6 Å². The van der Waals surface area contributed by atoms with Gasteiger partial charge in [-0.2, -0.15) is 0 Å². The van der Waals surface area contributed by atoms with E-state index in [1.165, 1.54) is 0 Å². The number of rotatable bonds is 5. The lowest BCUT2D eigenvalue weighted by Gasteiger charge is -2.29. The minimum Gasteiger partial charge on any atom is -0.480 e. The van der Waals surface area contributed by atoms with Crippen molar-refractivity contribution in [3.8, 4) is 0 Å². The molecule has 0 bridgehead atoms. The number of carbonyl (C=O) groups is 1. The van der Waals surface area contributed by atoms with Crippen molar-refractivity contribution in [1.82, 2.24) is 0 Å². The summed E-state index contributed by atoms with van der Waals surface area (Å²) >= 11 is 0. The van der Waals surface area contributed by atoms with Crippen LogP contribution in [0.25, 0.3) is 0 Å². The van der Waals surface area contributed by atoms with Gasteiger partial charge in [0.15, 0.2) is 0 Å². The Kier molecular flexibility index (Phi) is 5.25. The monoisotopic (exact) mass is 282 g/mol. The van der Waals surface area contributed by atoms with Gasteiger partial charge in [-0.3, -0.25) is 9.00 Å². The smallest absolute Gasteiger partial charge is 0.319 e. The molecule has 0 aromatic heterocycles. The molecule has 0 aromatic rings. The first kappa shape index (κ1) is 15.5. The number of alkyl halides is 2. The Morgan fingerprint density at radius 3 is 2.56 bits per heavy atom. The van der Waals surface area contributed by atoms with Crippen LogP contribution in [-0.4, -0.2) is 32.2 Å². The maximum Gasteiger partial charge on any atom is 0.319 e. The molecule has 18 heavy (non-hydrogen) atoms. The lowest BCUT2D eigenvalue weighted by atomic mass is 9.88. The second kappa shape index (κ2) is 6.08. The molecule has 1 fully saturated rings. The lowest BCUT2D eigenvalue weighted by molar-refractivity contribution is -0.137. The van der Waals surface area contributed by atoms with Crippen LogP contribution in [0.15, 0.2) is 0 Å². The van der Waals surface area contributed by atoms with E-state index in [9.17, 15) is 17.8 Å². The van der Waals surface area contributed by atoms with Crippen molar-refractivity contribution in [3.05, 3.63) is 0 Å². The predicted octanol–water partition coefficient (Wildman–Crippen LogP) is 2.67. The van der Waals surface area contributed by atoms with Crippen LogP contribution in [0.4, 0.5) is 8.78 Å². The Hall–Kier alpha value is -0.520. The molecule has 0 saturated heterocycles. The third-order valence-corrected chi connectivity index (χ3v) is 5.39. The van der Waals surface area contributed by atoms with Gasteiger partial charge in [0.25, 0.3) is 0 Å². The summed E-state index contributed by atoms with van der Waals surface area (Å²) in [5, 5.41) is 8.05. The van der Waals surface area contributed by atoms with Crippen molar-refractivity contribution in [3.63, 3.8) is 0 Å². The van der Waals surface area contributed by atoms with Crippen LogP contribution in [0.3, 0.4) is 0 Å². The van der Waals surface area contributed by atoms with Crippen molar-refractivity contribution >= 4 is 16.8 Å². The zero-order valence-electron chi connectivity index (χ0n) is 10.7. The first-order valence-corrected chi connectivity index (χ1v) is 7.59. The van der Waals surface area contributed by atoms with Crippen LogP contribution in [0.5, 0.6) is 0 Å². The number of hydrogen-bond donors (Lipinski definition) is 1. The van der Waals surface area contributed by atoms with Crippen LogP contribution >= 0.6 is 0 Å². The van der Waals surface area contributed by atoms with Gasteiger partial charge < -0.3 is 5.11 Å². The fraction of sp³-hybridized carbons (Fsp3) is 0.917. The van der Waals surface area contributed by atoms with E-state index in [2.05, 4.69) is 0 Å². The first-order valence-electron chi connectivity index (χ1n) is 6.21. The predicted molar refractivity (Wildman–Crippen MR) is 66.2 cm³/mol. The Morgan fingerprint density at radius 1 is 1.50 bits per heavy atom. The second-order valence-corrected chi connectivity index (χ2v) is 6.97. The largest absolute Gasteiger partial charge is 0.480 e. The summed E-state index contributed by atoms with van der Waals surface area (Å²) in [6.45, 7) is 3.37. The van der Waals surface area contributed by atoms with E-state index in [1.807, 2.05) is 0 Å². The minimum absolute atomic E-state index is 0.0741. The quantitative estimate of drug-likeness (QED) is 0.843. The van der Waals surface area contributed by atoms with Crippen LogP contribution in [0.2, 0.25) is 0 Å². The molecule has 1 N–H and O–H groups in total. The molecule has 1 rings (SSSR count). The van der Waals surface area contributed by atoms with Gasteiger partial charge in [-0.05, 0) is 24.7 Å². The van der Waals surface area contributed by atoms with Gasteiger partial charge in [0.2, 0.25) is 5.92 Å². The molecular formula is C12H20F2O3S. The molecule has 1 aliphatic carbocycles. The average molecular weight is 282 g/mol. The maximum atomic E-state index is 13.2. The normalized spacial score (nSPS) is 26.8. The SMILES string of the molecule is CC(C)C(C(=O)O)S(=O)CC1CCCC(F)(F)C1. The topological polar surface area (TPSA) is 54.4 Å². The van der Waals surface area contributed by atoms with Gasteiger partial charge in [-0.1, -0.05) is 13.8 Å². The van der Waals surface area contributed by atoms with E-state index in [4.69, 9.17) is 5.11 Å². The standard InChI is InChI=1S/C12H20F2O3S/c1-8(2)10(11(15)16)18(17)7-9-4-3-5-12(13,14)6-9/h8-10H,3-7H2,1-2H3,(H,15,16). The maximum absolute atomic E-state index is 13.2. The summed E-state index contributed by atoms with van der Waals surface area (Å²) in [5.74, 6) is -4.29. The third-order valence-electron chi connectivity index (χ3n) is 3.27. The number of carboxylic acid groups (broad SMARTS) is 1. The van der Waals surface area contributed by atoms with Crippen LogP contribution in [0, 0.1) is 11.8 Å². The molecule has 0 amide bonds. The molecule has 0 radical (unpaired) electrons. The van der Waals surface area contributed by atoms with Crippen LogP contribution < -0.4 is 0 Å². The van der Waals surface area contributed by atoms with E-state index in [0.717, 1.165) is 0 Å².